The molecule has 0 aromatic rings. The standard InChI is InChI=1S/C20H38O2Si/c1-19(2,3)18(21)15-14-17(16-12-10-9-11-13-16)22-23(7,8)20(4,5)6/h14-17H,9-13H2,1-8H3/b15-14+. The molecule has 0 heterocycles. The first-order valence-electron chi connectivity index (χ1n) is 9.25. The van der Waals surface area contributed by atoms with E-state index in [1.807, 2.05) is 20.8 Å². The van der Waals surface area contributed by atoms with Crippen LogP contribution in [0.3, 0.4) is 0 Å². The van der Waals surface area contributed by atoms with Crippen LogP contribution in [0, 0.1) is 11.3 Å². The number of allylic oxidation sites excluding steroid dienone is 1. The van der Waals surface area contributed by atoms with Crippen molar-refractivity contribution in [3.05, 3.63) is 12.2 Å². The topological polar surface area (TPSA) is 26.3 Å². The van der Waals surface area contributed by atoms with Gasteiger partial charge in [0.25, 0.3) is 0 Å². The monoisotopic (exact) mass is 338 g/mol. The van der Waals surface area contributed by atoms with Crippen molar-refractivity contribution in [3.63, 3.8) is 0 Å². The summed E-state index contributed by atoms with van der Waals surface area (Å²) in [5.74, 6) is 0.763. The molecule has 1 unspecified atom stereocenters. The Kier molecular flexibility index (Phi) is 6.86. The molecule has 0 radical (unpaired) electrons. The molecule has 23 heavy (non-hydrogen) atoms. The van der Waals surface area contributed by atoms with E-state index >= 15 is 0 Å². The number of carbonyl (C=O) groups is 1. The second kappa shape index (κ2) is 7.65. The van der Waals surface area contributed by atoms with E-state index in [4.69, 9.17) is 4.43 Å². The number of rotatable bonds is 5. The van der Waals surface area contributed by atoms with Crippen molar-refractivity contribution in [3.8, 4) is 0 Å². The fourth-order valence-corrected chi connectivity index (χ4v) is 4.01. The molecule has 3 heteroatoms. The molecule has 0 amide bonds. The first-order valence-corrected chi connectivity index (χ1v) is 12.2. The van der Waals surface area contributed by atoms with Gasteiger partial charge in [-0.05, 0) is 43.0 Å². The van der Waals surface area contributed by atoms with E-state index in [1.165, 1.54) is 32.1 Å². The molecule has 1 aliphatic carbocycles. The minimum Gasteiger partial charge on any atom is -0.410 e. The molecule has 0 aliphatic heterocycles. The summed E-state index contributed by atoms with van der Waals surface area (Å²) in [5, 5.41) is 0.196. The molecule has 1 saturated carbocycles. The third-order valence-corrected chi connectivity index (χ3v) is 10.0. The number of ketones is 1. The molecule has 0 N–H and O–H groups in total. The van der Waals surface area contributed by atoms with Crippen LogP contribution in [0.5, 0.6) is 0 Å². The quantitative estimate of drug-likeness (QED) is 0.445. The Labute approximate surface area is 145 Å². The zero-order valence-electron chi connectivity index (χ0n) is 16.7. The largest absolute Gasteiger partial charge is 0.410 e. The first-order chi connectivity index (χ1) is 10.3. The summed E-state index contributed by atoms with van der Waals surface area (Å²) in [6.45, 7) is 17.4. The fraction of sp³-hybridized carbons (Fsp3) is 0.850. The average Bonchev–Trinajstić information content (AvgIpc) is 2.41. The molecule has 0 spiro atoms. The second-order valence-corrected chi connectivity index (χ2v) is 14.5. The van der Waals surface area contributed by atoms with Crippen molar-refractivity contribution in [2.75, 3.05) is 0 Å². The Hall–Kier alpha value is -0.413. The van der Waals surface area contributed by atoms with Gasteiger partial charge in [0.15, 0.2) is 14.1 Å². The van der Waals surface area contributed by atoms with Gasteiger partial charge in [-0.1, -0.05) is 66.9 Å². The summed E-state index contributed by atoms with van der Waals surface area (Å²) < 4.78 is 6.70. The van der Waals surface area contributed by atoms with Gasteiger partial charge in [-0.2, -0.15) is 0 Å². The molecule has 1 fully saturated rings. The highest BCUT2D eigenvalue weighted by Crippen LogP contribution is 2.40. The molecule has 0 saturated heterocycles. The van der Waals surface area contributed by atoms with E-state index in [0.717, 1.165) is 0 Å². The van der Waals surface area contributed by atoms with E-state index < -0.39 is 8.32 Å². The van der Waals surface area contributed by atoms with Crippen molar-refractivity contribution < 1.29 is 9.22 Å². The molecule has 1 rings (SSSR count). The van der Waals surface area contributed by atoms with Gasteiger partial charge in [-0.15, -0.1) is 0 Å². The predicted octanol–water partition coefficient (Wildman–Crippen LogP) is 6.13. The van der Waals surface area contributed by atoms with Crippen LogP contribution < -0.4 is 0 Å². The lowest BCUT2D eigenvalue weighted by molar-refractivity contribution is -0.121. The molecule has 0 aromatic heterocycles. The maximum absolute atomic E-state index is 12.3. The molecule has 1 atom stereocenters. The van der Waals surface area contributed by atoms with Gasteiger partial charge in [0.2, 0.25) is 0 Å². The van der Waals surface area contributed by atoms with E-state index in [9.17, 15) is 4.79 Å². The Morgan fingerprint density at radius 3 is 2.00 bits per heavy atom. The molecular weight excluding hydrogens is 300 g/mol. The zero-order chi connectivity index (χ0) is 17.9. The van der Waals surface area contributed by atoms with Crippen molar-refractivity contribution in [2.45, 2.75) is 97.9 Å². The Morgan fingerprint density at radius 1 is 1.04 bits per heavy atom. The lowest BCUT2D eigenvalue weighted by Crippen LogP contribution is -2.45. The lowest BCUT2D eigenvalue weighted by Gasteiger charge is -2.41. The Balaban J connectivity index is 2.94. The van der Waals surface area contributed by atoms with Crippen LogP contribution in [0.1, 0.15) is 73.6 Å². The predicted molar refractivity (Wildman–Crippen MR) is 102 cm³/mol. The molecule has 134 valence electrons. The molecule has 1 aliphatic rings. The minimum atomic E-state index is -1.83. The summed E-state index contributed by atoms with van der Waals surface area (Å²) in [6, 6.07) is 0. The Bertz CT molecular complexity index is 418. The lowest BCUT2D eigenvalue weighted by atomic mass is 9.84. The summed E-state index contributed by atoms with van der Waals surface area (Å²) in [5.41, 5.74) is -0.315. The van der Waals surface area contributed by atoms with Crippen LogP contribution in [0.4, 0.5) is 0 Å². The van der Waals surface area contributed by atoms with Crippen molar-refractivity contribution in [1.82, 2.24) is 0 Å². The SMILES string of the molecule is CC(C)(C)C(=O)/C=C/C(O[Si](C)(C)C(C)(C)C)C1CCCCC1. The minimum absolute atomic E-state index is 0.0995. The number of hydrogen-bond donors (Lipinski definition) is 0. The van der Waals surface area contributed by atoms with Gasteiger partial charge in [-0.3, -0.25) is 4.79 Å². The zero-order valence-corrected chi connectivity index (χ0v) is 17.7. The normalized spacial score (nSPS) is 20.0. The van der Waals surface area contributed by atoms with Crippen LogP contribution in [0.15, 0.2) is 12.2 Å². The maximum Gasteiger partial charge on any atom is 0.192 e. The second-order valence-electron chi connectivity index (χ2n) is 9.71. The summed E-state index contributed by atoms with van der Waals surface area (Å²) in [4.78, 5) is 12.3. The molecule has 2 nitrogen and oxygen atoms in total. The Morgan fingerprint density at radius 2 is 1.57 bits per heavy atom. The maximum atomic E-state index is 12.3. The van der Waals surface area contributed by atoms with Crippen LogP contribution in [-0.4, -0.2) is 20.2 Å². The van der Waals surface area contributed by atoms with Crippen molar-refractivity contribution in [2.24, 2.45) is 11.3 Å². The highest BCUT2D eigenvalue weighted by atomic mass is 28.4. The summed E-state index contributed by atoms with van der Waals surface area (Å²) >= 11 is 0. The molecule has 0 aromatic carbocycles. The van der Waals surface area contributed by atoms with E-state index in [2.05, 4.69) is 39.9 Å². The van der Waals surface area contributed by atoms with Crippen molar-refractivity contribution in [1.29, 1.82) is 0 Å². The molecule has 0 bridgehead atoms. The van der Waals surface area contributed by atoms with Crippen molar-refractivity contribution >= 4 is 14.1 Å². The van der Waals surface area contributed by atoms with Crippen LogP contribution in [-0.2, 0) is 9.22 Å². The van der Waals surface area contributed by atoms with Crippen LogP contribution in [0.25, 0.3) is 0 Å². The number of hydrogen-bond acceptors (Lipinski definition) is 2. The van der Waals surface area contributed by atoms with Gasteiger partial charge in [0, 0.05) is 5.41 Å². The van der Waals surface area contributed by atoms with Gasteiger partial charge < -0.3 is 4.43 Å². The van der Waals surface area contributed by atoms with E-state index in [1.54, 1.807) is 6.08 Å². The fourth-order valence-electron chi connectivity index (χ4n) is 2.70. The first kappa shape index (κ1) is 20.6. The van der Waals surface area contributed by atoms with E-state index in [-0.39, 0.29) is 22.3 Å². The number of carbonyl (C=O) groups excluding carboxylic acids is 1. The van der Waals surface area contributed by atoms with Gasteiger partial charge in [0.1, 0.15) is 0 Å². The van der Waals surface area contributed by atoms with Crippen LogP contribution in [0.2, 0.25) is 18.1 Å². The third kappa shape index (κ3) is 6.19. The average molecular weight is 339 g/mol. The van der Waals surface area contributed by atoms with Gasteiger partial charge >= 0.3 is 0 Å². The highest BCUT2D eigenvalue weighted by Gasteiger charge is 2.40. The highest BCUT2D eigenvalue weighted by molar-refractivity contribution is 6.74. The third-order valence-electron chi connectivity index (χ3n) is 5.53. The van der Waals surface area contributed by atoms with Gasteiger partial charge in [-0.25, -0.2) is 0 Å². The van der Waals surface area contributed by atoms with Crippen LogP contribution >= 0.6 is 0 Å². The van der Waals surface area contributed by atoms with E-state index in [0.29, 0.717) is 5.92 Å². The smallest absolute Gasteiger partial charge is 0.192 e. The van der Waals surface area contributed by atoms with Gasteiger partial charge in [0.05, 0.1) is 6.10 Å². The summed E-state index contributed by atoms with van der Waals surface area (Å²) in [6.07, 6.45) is 10.3. The molecular formula is C20H38O2Si. The summed E-state index contributed by atoms with van der Waals surface area (Å²) in [7, 11) is -1.83.